The molecule has 0 aliphatic carbocycles. The van der Waals surface area contributed by atoms with Crippen molar-refractivity contribution in [3.05, 3.63) is 56.8 Å². The van der Waals surface area contributed by atoms with E-state index in [1.807, 2.05) is 36.6 Å². The van der Waals surface area contributed by atoms with Crippen LogP contribution in [0, 0.1) is 25.2 Å². The molecule has 1 heterocycles. The van der Waals surface area contributed by atoms with Crippen LogP contribution < -0.4 is 0 Å². The minimum Gasteiger partial charge on any atom is -0.454 e. The number of halogens is 2. The second-order valence-corrected chi connectivity index (χ2v) is 6.47. The van der Waals surface area contributed by atoms with E-state index < -0.39 is 5.97 Å². The number of carbonyl (C=O) groups excluding carboxylic acids is 2. The highest BCUT2D eigenvalue weighted by Gasteiger charge is 2.17. The van der Waals surface area contributed by atoms with Gasteiger partial charge in [0.15, 0.2) is 5.78 Å². The Kier molecular flexibility index (Phi) is 6.25. The number of esters is 1. The largest absolute Gasteiger partial charge is 0.454 e. The summed E-state index contributed by atoms with van der Waals surface area (Å²) in [5.74, 6) is -1.14. The second-order valence-electron chi connectivity index (χ2n) is 5.68. The number of aryl methyl sites for hydroxylation is 1. The molecule has 0 fully saturated rings. The third-order valence-electron chi connectivity index (χ3n) is 3.69. The van der Waals surface area contributed by atoms with Crippen LogP contribution in [0.25, 0.3) is 11.8 Å². The molecule has 5 nitrogen and oxygen atoms in total. The summed E-state index contributed by atoms with van der Waals surface area (Å²) >= 11 is 12.4. The Morgan fingerprint density at radius 1 is 1.31 bits per heavy atom. The Labute approximate surface area is 161 Å². The number of nitrogens with zero attached hydrogens (tertiary/aromatic N) is 2. The molecule has 0 unspecified atom stereocenters. The summed E-state index contributed by atoms with van der Waals surface area (Å²) in [5, 5.41) is 10.1. The molecule has 1 aromatic carbocycles. The second kappa shape index (κ2) is 8.22. The topological polar surface area (TPSA) is 72.1 Å². The summed E-state index contributed by atoms with van der Waals surface area (Å²) in [6.45, 7) is 4.65. The maximum atomic E-state index is 11.9. The van der Waals surface area contributed by atoms with Gasteiger partial charge in [-0.15, -0.1) is 0 Å². The van der Waals surface area contributed by atoms with E-state index >= 15 is 0 Å². The zero-order valence-corrected chi connectivity index (χ0v) is 16.0. The molecule has 1 aromatic heterocycles. The third-order valence-corrected chi connectivity index (χ3v) is 4.50. The average molecular weight is 391 g/mol. The molecule has 26 heavy (non-hydrogen) atoms. The van der Waals surface area contributed by atoms with Crippen LogP contribution in [-0.4, -0.2) is 22.9 Å². The van der Waals surface area contributed by atoms with Gasteiger partial charge in [-0.3, -0.25) is 4.79 Å². The van der Waals surface area contributed by atoms with Crippen molar-refractivity contribution in [2.24, 2.45) is 0 Å². The van der Waals surface area contributed by atoms with E-state index in [-0.39, 0.29) is 18.0 Å². The Bertz CT molecular complexity index is 952. The molecule has 0 N–H and O–H groups in total. The van der Waals surface area contributed by atoms with E-state index in [4.69, 9.17) is 27.9 Å². The summed E-state index contributed by atoms with van der Waals surface area (Å²) in [6.07, 6.45) is 1.43. The van der Waals surface area contributed by atoms with Crippen molar-refractivity contribution in [2.75, 3.05) is 6.61 Å². The quantitative estimate of drug-likeness (QED) is 0.429. The van der Waals surface area contributed by atoms with E-state index in [9.17, 15) is 14.9 Å². The highest BCUT2D eigenvalue weighted by atomic mass is 35.5. The Morgan fingerprint density at radius 3 is 2.62 bits per heavy atom. The monoisotopic (exact) mass is 390 g/mol. The van der Waals surface area contributed by atoms with E-state index in [2.05, 4.69) is 0 Å². The van der Waals surface area contributed by atoms with Crippen molar-refractivity contribution in [1.82, 2.24) is 4.57 Å². The molecule has 7 heteroatoms. The Balaban J connectivity index is 2.46. The Hall–Kier alpha value is -2.55. The summed E-state index contributed by atoms with van der Waals surface area (Å²) in [4.78, 5) is 22.9. The number of hydrogen-bond donors (Lipinski definition) is 0. The minimum atomic E-state index is -0.840. The molecular formula is C19H16Cl2N2O3. The summed E-state index contributed by atoms with van der Waals surface area (Å²) in [5.41, 5.74) is 2.80. The van der Waals surface area contributed by atoms with E-state index in [1.165, 1.54) is 13.0 Å². The molecule has 0 radical (unpaired) electrons. The number of rotatable bonds is 5. The highest BCUT2D eigenvalue weighted by molar-refractivity contribution is 6.43. The summed E-state index contributed by atoms with van der Waals surface area (Å²) in [6, 6.07) is 8.94. The molecule has 0 saturated heterocycles. The minimum absolute atomic E-state index is 0.191. The molecule has 2 rings (SSSR count). The molecule has 0 aliphatic rings. The number of carbonyl (C=O) groups is 2. The molecule has 134 valence electrons. The van der Waals surface area contributed by atoms with Crippen molar-refractivity contribution in [3.8, 4) is 11.8 Å². The van der Waals surface area contributed by atoms with Crippen molar-refractivity contribution in [2.45, 2.75) is 20.8 Å². The number of ether oxygens (including phenoxy) is 1. The fourth-order valence-corrected chi connectivity index (χ4v) is 2.89. The van der Waals surface area contributed by atoms with Crippen molar-refractivity contribution < 1.29 is 14.3 Å². The lowest BCUT2D eigenvalue weighted by molar-refractivity contribution is -0.143. The van der Waals surface area contributed by atoms with Gasteiger partial charge in [-0.1, -0.05) is 29.3 Å². The highest BCUT2D eigenvalue weighted by Crippen LogP contribution is 2.32. The van der Waals surface area contributed by atoms with Crippen molar-refractivity contribution in [1.29, 1.82) is 5.26 Å². The lowest BCUT2D eigenvalue weighted by Crippen LogP contribution is -2.12. The van der Waals surface area contributed by atoms with Crippen LogP contribution in [0.5, 0.6) is 0 Å². The van der Waals surface area contributed by atoms with Gasteiger partial charge in [-0.05, 0) is 50.6 Å². The molecule has 0 spiro atoms. The number of Topliss-reactive ketones (excluding diaryl/α,β-unsaturated/α-hetero) is 1. The molecule has 2 aromatic rings. The fraction of sp³-hybridized carbons (Fsp3) is 0.211. The van der Waals surface area contributed by atoms with Crippen LogP contribution in [0.2, 0.25) is 10.0 Å². The van der Waals surface area contributed by atoms with Crippen LogP contribution in [0.1, 0.15) is 23.9 Å². The maximum Gasteiger partial charge on any atom is 0.349 e. The molecule has 0 bridgehead atoms. The number of aromatic nitrogens is 1. The zero-order valence-electron chi connectivity index (χ0n) is 14.5. The van der Waals surface area contributed by atoms with Gasteiger partial charge in [0.2, 0.25) is 0 Å². The van der Waals surface area contributed by atoms with Gasteiger partial charge >= 0.3 is 5.97 Å². The number of nitriles is 1. The van der Waals surface area contributed by atoms with Crippen molar-refractivity contribution >= 4 is 41.0 Å². The van der Waals surface area contributed by atoms with Crippen LogP contribution >= 0.6 is 23.2 Å². The first-order chi connectivity index (χ1) is 12.3. The van der Waals surface area contributed by atoms with Crippen LogP contribution in [0.3, 0.4) is 0 Å². The molecule has 0 amide bonds. The smallest absolute Gasteiger partial charge is 0.349 e. The predicted molar refractivity (Wildman–Crippen MR) is 100 cm³/mol. The molecule has 0 aliphatic heterocycles. The fourth-order valence-electron chi connectivity index (χ4n) is 2.51. The third kappa shape index (κ3) is 4.16. The summed E-state index contributed by atoms with van der Waals surface area (Å²) in [7, 11) is 0. The standard InChI is InChI=1S/C19H16Cl2N2O3/c1-11-7-14(8-15(9-22)19(25)26-10-12(2)24)13(3)23(11)17-6-4-5-16(20)18(17)21/h4-8H,10H2,1-3H3/b15-8+. The van der Waals surface area contributed by atoms with Gasteiger partial charge in [0.1, 0.15) is 18.2 Å². The van der Waals surface area contributed by atoms with Gasteiger partial charge in [0.05, 0.1) is 15.7 Å². The van der Waals surface area contributed by atoms with E-state index in [0.29, 0.717) is 21.3 Å². The average Bonchev–Trinajstić information content (AvgIpc) is 2.86. The van der Waals surface area contributed by atoms with Gasteiger partial charge < -0.3 is 9.30 Å². The molecule has 0 atom stereocenters. The SMILES string of the molecule is CC(=O)COC(=O)/C(C#N)=C/c1cc(C)n(-c2cccc(Cl)c2Cl)c1C. The van der Waals surface area contributed by atoms with Crippen LogP contribution in [-0.2, 0) is 14.3 Å². The number of benzene rings is 1. The number of ketones is 1. The van der Waals surface area contributed by atoms with Gasteiger partial charge in [-0.25, -0.2) is 4.79 Å². The lowest BCUT2D eigenvalue weighted by atomic mass is 10.1. The normalized spacial score (nSPS) is 11.2. The number of hydrogen-bond acceptors (Lipinski definition) is 4. The van der Waals surface area contributed by atoms with Gasteiger partial charge in [0, 0.05) is 11.4 Å². The van der Waals surface area contributed by atoms with E-state index in [0.717, 1.165) is 11.4 Å². The zero-order chi connectivity index (χ0) is 19.4. The van der Waals surface area contributed by atoms with Crippen LogP contribution in [0.15, 0.2) is 29.8 Å². The maximum absolute atomic E-state index is 11.9. The van der Waals surface area contributed by atoms with Crippen LogP contribution in [0.4, 0.5) is 0 Å². The Morgan fingerprint density at radius 2 is 2.00 bits per heavy atom. The predicted octanol–water partition coefficient (Wildman–Crippen LogP) is 4.44. The van der Waals surface area contributed by atoms with Gasteiger partial charge in [-0.2, -0.15) is 5.26 Å². The first-order valence-corrected chi connectivity index (χ1v) is 8.43. The first kappa shape index (κ1) is 19.8. The summed E-state index contributed by atoms with van der Waals surface area (Å²) < 4.78 is 6.69. The first-order valence-electron chi connectivity index (χ1n) is 7.68. The van der Waals surface area contributed by atoms with Crippen molar-refractivity contribution in [3.63, 3.8) is 0 Å². The van der Waals surface area contributed by atoms with Gasteiger partial charge in [0.25, 0.3) is 0 Å². The van der Waals surface area contributed by atoms with E-state index in [1.54, 1.807) is 12.1 Å². The molecule has 0 saturated carbocycles. The lowest BCUT2D eigenvalue weighted by Gasteiger charge is -2.12. The molecular weight excluding hydrogens is 375 g/mol.